The van der Waals surface area contributed by atoms with Gasteiger partial charge in [-0.2, -0.15) is 0 Å². The summed E-state index contributed by atoms with van der Waals surface area (Å²) < 4.78 is 12.4. The van der Waals surface area contributed by atoms with Crippen LogP contribution in [0.15, 0.2) is 65.1 Å². The number of methoxy groups -OCH3 is 1. The van der Waals surface area contributed by atoms with E-state index in [2.05, 4.69) is 15.9 Å². The van der Waals surface area contributed by atoms with Gasteiger partial charge >= 0.3 is 0 Å². The highest BCUT2D eigenvalue weighted by Gasteiger charge is 2.35. The van der Waals surface area contributed by atoms with Gasteiger partial charge in [0, 0.05) is 15.7 Å². The van der Waals surface area contributed by atoms with Crippen LogP contribution in [0.5, 0.6) is 11.5 Å². The van der Waals surface area contributed by atoms with E-state index < -0.39 is 0 Å². The number of carbonyl (C=O) groups is 1. The summed E-state index contributed by atoms with van der Waals surface area (Å²) in [6, 6.07) is 18.7. The Morgan fingerprint density at radius 1 is 1.06 bits per heavy atom. The maximum Gasteiger partial charge on any atom is 0.238 e. The predicted molar refractivity (Wildman–Crippen MR) is 131 cm³/mol. The Balaban J connectivity index is 1.61. The first-order chi connectivity index (χ1) is 15.0. The van der Waals surface area contributed by atoms with Gasteiger partial charge < -0.3 is 9.47 Å². The maximum atomic E-state index is 12.6. The number of thioether (sulfide) groups is 1. The summed E-state index contributed by atoms with van der Waals surface area (Å²) in [5.74, 6) is 1.65. The van der Waals surface area contributed by atoms with Crippen molar-refractivity contribution in [3.63, 3.8) is 0 Å². The van der Waals surface area contributed by atoms with E-state index in [1.807, 2.05) is 48.5 Å². The van der Waals surface area contributed by atoms with Crippen molar-refractivity contribution in [2.24, 2.45) is 0 Å². The molecule has 0 N–H and O–H groups in total. The molecule has 3 aromatic rings. The van der Waals surface area contributed by atoms with Gasteiger partial charge in [-0.3, -0.25) is 9.69 Å². The summed E-state index contributed by atoms with van der Waals surface area (Å²) in [4.78, 5) is 14.4. The van der Waals surface area contributed by atoms with Crippen molar-refractivity contribution in [2.45, 2.75) is 12.0 Å². The maximum absolute atomic E-state index is 12.6. The average Bonchev–Trinajstić information content (AvgIpc) is 3.15. The molecule has 0 spiro atoms. The molecule has 0 unspecified atom stereocenters. The lowest BCUT2D eigenvalue weighted by Crippen LogP contribution is -2.27. The van der Waals surface area contributed by atoms with E-state index in [0.29, 0.717) is 33.9 Å². The van der Waals surface area contributed by atoms with Gasteiger partial charge in [0.2, 0.25) is 5.91 Å². The van der Waals surface area contributed by atoms with E-state index >= 15 is 0 Å². The Kier molecular flexibility index (Phi) is 7.02. The minimum absolute atomic E-state index is 0.0514. The molecule has 1 aliphatic heterocycles. The number of halogens is 3. The molecule has 1 fully saturated rings. The zero-order chi connectivity index (χ0) is 22.0. The van der Waals surface area contributed by atoms with Crippen molar-refractivity contribution in [3.05, 3.63) is 86.3 Å². The molecule has 160 valence electrons. The van der Waals surface area contributed by atoms with Crippen molar-refractivity contribution >= 4 is 62.5 Å². The lowest BCUT2D eigenvalue weighted by Gasteiger charge is -2.25. The number of carbonyl (C=O) groups excluding carboxylic acids is 1. The largest absolute Gasteiger partial charge is 0.493 e. The molecule has 4 nitrogen and oxygen atoms in total. The summed E-state index contributed by atoms with van der Waals surface area (Å²) in [5.41, 5.74) is 2.74. The normalized spacial score (nSPS) is 15.9. The number of hydrogen-bond acceptors (Lipinski definition) is 4. The number of amides is 1. The zero-order valence-electron chi connectivity index (χ0n) is 16.5. The third-order valence-electron chi connectivity index (χ3n) is 4.81. The van der Waals surface area contributed by atoms with E-state index in [1.165, 1.54) is 0 Å². The molecule has 1 heterocycles. The first-order valence-corrected chi connectivity index (χ1v) is 12.0. The lowest BCUT2D eigenvalue weighted by molar-refractivity contribution is -0.115. The summed E-state index contributed by atoms with van der Waals surface area (Å²) in [6.45, 7) is 0.374. The molecule has 1 amide bonds. The first-order valence-electron chi connectivity index (χ1n) is 9.40. The van der Waals surface area contributed by atoms with Crippen LogP contribution < -0.4 is 14.4 Å². The molecular weight excluding hydrogens is 521 g/mol. The molecule has 0 bridgehead atoms. The summed E-state index contributed by atoms with van der Waals surface area (Å²) in [5, 5.41) is 1.14. The van der Waals surface area contributed by atoms with Crippen LogP contribution >= 0.6 is 50.9 Å². The van der Waals surface area contributed by atoms with Crippen LogP contribution in [-0.2, 0) is 11.4 Å². The fourth-order valence-corrected chi connectivity index (χ4v) is 5.29. The first kappa shape index (κ1) is 22.3. The smallest absolute Gasteiger partial charge is 0.238 e. The van der Waals surface area contributed by atoms with Crippen LogP contribution in [0.3, 0.4) is 0 Å². The van der Waals surface area contributed by atoms with Crippen molar-refractivity contribution in [2.75, 3.05) is 17.8 Å². The quantitative estimate of drug-likeness (QED) is 0.335. The molecule has 4 rings (SSSR count). The molecule has 31 heavy (non-hydrogen) atoms. The fourth-order valence-electron chi connectivity index (χ4n) is 3.31. The highest BCUT2D eigenvalue weighted by Crippen LogP contribution is 2.46. The van der Waals surface area contributed by atoms with Crippen LogP contribution in [0, 0.1) is 0 Å². The van der Waals surface area contributed by atoms with Gasteiger partial charge in [-0.05, 0) is 75.6 Å². The standard InChI is InChI=1S/C23H18BrCl2NO3S/c1-29-20-11-15(10-19(24)22(20)30-12-14-2-4-16(25)5-3-14)23-27(21(28)13-31-23)18-8-6-17(26)7-9-18/h2-11,23H,12-13H2,1H3/t23-/m1/s1. The Labute approximate surface area is 203 Å². The third kappa shape index (κ3) is 4.98. The lowest BCUT2D eigenvalue weighted by atomic mass is 10.1. The molecule has 1 atom stereocenters. The number of benzene rings is 3. The third-order valence-corrected chi connectivity index (χ3v) is 7.11. The van der Waals surface area contributed by atoms with Crippen LogP contribution in [0.4, 0.5) is 5.69 Å². The van der Waals surface area contributed by atoms with Gasteiger partial charge in [-0.1, -0.05) is 35.3 Å². The molecule has 3 aromatic carbocycles. The van der Waals surface area contributed by atoms with Gasteiger partial charge in [0.25, 0.3) is 0 Å². The minimum atomic E-state index is -0.177. The monoisotopic (exact) mass is 537 g/mol. The molecule has 0 aromatic heterocycles. The zero-order valence-corrected chi connectivity index (χ0v) is 20.4. The van der Waals surface area contributed by atoms with Crippen LogP contribution in [0.25, 0.3) is 0 Å². The van der Waals surface area contributed by atoms with E-state index in [0.717, 1.165) is 21.3 Å². The highest BCUT2D eigenvalue weighted by molar-refractivity contribution is 9.10. The van der Waals surface area contributed by atoms with Crippen LogP contribution in [0.1, 0.15) is 16.5 Å². The van der Waals surface area contributed by atoms with Crippen LogP contribution in [-0.4, -0.2) is 18.8 Å². The number of hydrogen-bond donors (Lipinski definition) is 0. The Hall–Kier alpha value is -1.86. The molecular formula is C23H18BrCl2NO3S. The van der Waals surface area contributed by atoms with Gasteiger partial charge in [0.05, 0.1) is 17.3 Å². The number of rotatable bonds is 6. The number of nitrogens with zero attached hydrogens (tertiary/aromatic N) is 1. The van der Waals surface area contributed by atoms with E-state index in [9.17, 15) is 4.79 Å². The Morgan fingerprint density at radius 2 is 1.71 bits per heavy atom. The Bertz CT molecular complexity index is 1090. The molecule has 1 saturated heterocycles. The van der Waals surface area contributed by atoms with Crippen molar-refractivity contribution in [1.29, 1.82) is 0 Å². The molecule has 0 saturated carbocycles. The van der Waals surface area contributed by atoms with E-state index in [4.69, 9.17) is 32.7 Å². The second-order valence-electron chi connectivity index (χ2n) is 6.85. The van der Waals surface area contributed by atoms with E-state index in [-0.39, 0.29) is 11.3 Å². The van der Waals surface area contributed by atoms with Gasteiger partial charge in [0.1, 0.15) is 12.0 Å². The molecule has 0 aliphatic carbocycles. The second kappa shape index (κ2) is 9.74. The second-order valence-corrected chi connectivity index (χ2v) is 9.65. The summed E-state index contributed by atoms with van der Waals surface area (Å²) in [7, 11) is 1.60. The minimum Gasteiger partial charge on any atom is -0.493 e. The summed E-state index contributed by atoms with van der Waals surface area (Å²) in [6.07, 6.45) is 0. The molecule has 0 radical (unpaired) electrons. The van der Waals surface area contributed by atoms with Crippen LogP contribution in [0.2, 0.25) is 10.0 Å². The fraction of sp³-hybridized carbons (Fsp3) is 0.174. The Morgan fingerprint density at radius 3 is 2.35 bits per heavy atom. The van der Waals surface area contributed by atoms with Gasteiger partial charge in [-0.25, -0.2) is 0 Å². The average molecular weight is 539 g/mol. The van der Waals surface area contributed by atoms with Crippen molar-refractivity contribution < 1.29 is 14.3 Å². The number of anilines is 1. The SMILES string of the molecule is COc1cc([C@H]2SCC(=O)N2c2ccc(Cl)cc2)cc(Br)c1OCc1ccc(Cl)cc1. The van der Waals surface area contributed by atoms with Gasteiger partial charge in [-0.15, -0.1) is 11.8 Å². The summed E-state index contributed by atoms with van der Waals surface area (Å²) >= 11 is 17.2. The molecule has 1 aliphatic rings. The highest BCUT2D eigenvalue weighted by atomic mass is 79.9. The van der Waals surface area contributed by atoms with E-state index in [1.54, 1.807) is 35.9 Å². The topological polar surface area (TPSA) is 38.8 Å². The predicted octanol–water partition coefficient (Wildman–Crippen LogP) is 7.12. The van der Waals surface area contributed by atoms with Crippen molar-refractivity contribution in [3.8, 4) is 11.5 Å². The number of ether oxygens (including phenoxy) is 2. The molecule has 8 heteroatoms. The van der Waals surface area contributed by atoms with Gasteiger partial charge in [0.15, 0.2) is 11.5 Å². The van der Waals surface area contributed by atoms with Crippen molar-refractivity contribution in [1.82, 2.24) is 0 Å².